The van der Waals surface area contributed by atoms with Crippen molar-refractivity contribution in [2.24, 2.45) is 5.73 Å². The van der Waals surface area contributed by atoms with Crippen LogP contribution in [-0.2, 0) is 6.54 Å². The number of hydrogen-bond acceptors (Lipinski definition) is 3. The van der Waals surface area contributed by atoms with Crippen LogP contribution in [0, 0.1) is 0 Å². The Hall–Kier alpha value is -0.910. The van der Waals surface area contributed by atoms with E-state index in [1.54, 1.807) is 11.3 Å². The molecule has 2 heterocycles. The largest absolute Gasteiger partial charge is 0.329 e. The minimum atomic E-state index is 0.610. The van der Waals surface area contributed by atoms with Crippen LogP contribution in [0.1, 0.15) is 0 Å². The maximum Gasteiger partial charge on any atom is 0.0770 e. The summed E-state index contributed by atoms with van der Waals surface area (Å²) in [5.74, 6) is 0. The SMILES string of the molecule is NCCn1ncc2ccc3sc(Br)cc3c21. The third-order valence-electron chi connectivity index (χ3n) is 2.61. The highest BCUT2D eigenvalue weighted by atomic mass is 79.9. The quantitative estimate of drug-likeness (QED) is 0.790. The van der Waals surface area contributed by atoms with E-state index in [2.05, 4.69) is 39.2 Å². The molecule has 0 radical (unpaired) electrons. The molecule has 0 saturated carbocycles. The lowest BCUT2D eigenvalue weighted by Gasteiger charge is -2.01. The lowest BCUT2D eigenvalue weighted by molar-refractivity contribution is 0.647. The topological polar surface area (TPSA) is 43.8 Å². The fourth-order valence-corrected chi connectivity index (χ4v) is 3.50. The minimum Gasteiger partial charge on any atom is -0.329 e. The second kappa shape index (κ2) is 3.84. The predicted octanol–water partition coefficient (Wildman–Crippen LogP) is 2.97. The fourth-order valence-electron chi connectivity index (χ4n) is 1.96. The smallest absolute Gasteiger partial charge is 0.0770 e. The van der Waals surface area contributed by atoms with Gasteiger partial charge in [-0.2, -0.15) is 5.10 Å². The molecular formula is C11H10BrN3S. The van der Waals surface area contributed by atoms with Gasteiger partial charge in [0.05, 0.1) is 22.0 Å². The van der Waals surface area contributed by atoms with Gasteiger partial charge in [0.15, 0.2) is 0 Å². The van der Waals surface area contributed by atoms with Crippen LogP contribution in [-0.4, -0.2) is 16.3 Å². The molecule has 0 fully saturated rings. The number of nitrogens with zero attached hydrogens (tertiary/aromatic N) is 2. The van der Waals surface area contributed by atoms with Crippen molar-refractivity contribution in [1.29, 1.82) is 0 Å². The zero-order chi connectivity index (χ0) is 11.1. The molecule has 0 aliphatic rings. The Morgan fingerprint density at radius 1 is 1.44 bits per heavy atom. The van der Waals surface area contributed by atoms with Gasteiger partial charge < -0.3 is 5.73 Å². The van der Waals surface area contributed by atoms with Crippen LogP contribution in [0.3, 0.4) is 0 Å². The van der Waals surface area contributed by atoms with Crippen LogP contribution in [0.2, 0.25) is 0 Å². The molecule has 3 aromatic rings. The van der Waals surface area contributed by atoms with Gasteiger partial charge in [-0.1, -0.05) is 0 Å². The highest BCUT2D eigenvalue weighted by Gasteiger charge is 2.09. The number of aromatic nitrogens is 2. The van der Waals surface area contributed by atoms with Gasteiger partial charge in [-0.05, 0) is 34.1 Å². The molecule has 2 aromatic heterocycles. The van der Waals surface area contributed by atoms with Gasteiger partial charge in [0.2, 0.25) is 0 Å². The first kappa shape index (κ1) is 10.3. The zero-order valence-electron chi connectivity index (χ0n) is 8.48. The van der Waals surface area contributed by atoms with E-state index in [-0.39, 0.29) is 0 Å². The standard InChI is InChI=1S/C11H10BrN3S/c12-10-5-8-9(16-10)2-1-7-6-14-15(4-3-13)11(7)8/h1-2,5-6H,3-4,13H2. The van der Waals surface area contributed by atoms with Crippen molar-refractivity contribution in [2.75, 3.05) is 6.54 Å². The molecule has 5 heteroatoms. The summed E-state index contributed by atoms with van der Waals surface area (Å²) < 4.78 is 4.41. The molecule has 82 valence electrons. The number of hydrogen-bond donors (Lipinski definition) is 1. The first-order valence-corrected chi connectivity index (χ1v) is 6.64. The van der Waals surface area contributed by atoms with Gasteiger partial charge in [0.1, 0.15) is 0 Å². The van der Waals surface area contributed by atoms with Crippen molar-refractivity contribution < 1.29 is 0 Å². The van der Waals surface area contributed by atoms with Crippen LogP contribution in [0.25, 0.3) is 21.0 Å². The van der Waals surface area contributed by atoms with Gasteiger partial charge >= 0.3 is 0 Å². The van der Waals surface area contributed by atoms with E-state index in [0.717, 1.165) is 10.3 Å². The van der Waals surface area contributed by atoms with Crippen molar-refractivity contribution in [3.8, 4) is 0 Å². The van der Waals surface area contributed by atoms with Gasteiger partial charge in [0.25, 0.3) is 0 Å². The van der Waals surface area contributed by atoms with Gasteiger partial charge in [0, 0.05) is 22.0 Å². The Balaban J connectivity index is 2.41. The van der Waals surface area contributed by atoms with E-state index < -0.39 is 0 Å². The summed E-state index contributed by atoms with van der Waals surface area (Å²) in [6.07, 6.45) is 1.90. The molecule has 0 spiro atoms. The number of nitrogens with two attached hydrogens (primary N) is 1. The Labute approximate surface area is 105 Å². The molecule has 3 nitrogen and oxygen atoms in total. The van der Waals surface area contributed by atoms with Crippen LogP contribution in [0.5, 0.6) is 0 Å². The van der Waals surface area contributed by atoms with Crippen LogP contribution >= 0.6 is 27.3 Å². The summed E-state index contributed by atoms with van der Waals surface area (Å²) in [7, 11) is 0. The minimum absolute atomic E-state index is 0.610. The van der Waals surface area contributed by atoms with Gasteiger partial charge in [-0.25, -0.2) is 0 Å². The third kappa shape index (κ3) is 1.47. The molecule has 1 aromatic carbocycles. The maximum absolute atomic E-state index is 5.59. The average Bonchev–Trinajstić information content (AvgIpc) is 2.81. The maximum atomic E-state index is 5.59. The zero-order valence-corrected chi connectivity index (χ0v) is 10.9. The highest BCUT2D eigenvalue weighted by Crippen LogP contribution is 2.34. The van der Waals surface area contributed by atoms with Crippen LogP contribution in [0.15, 0.2) is 28.2 Å². The molecular weight excluding hydrogens is 286 g/mol. The molecule has 0 amide bonds. The molecule has 0 unspecified atom stereocenters. The van der Waals surface area contributed by atoms with Crippen molar-refractivity contribution in [3.05, 3.63) is 28.2 Å². The third-order valence-corrected chi connectivity index (χ3v) is 4.21. The summed E-state index contributed by atoms with van der Waals surface area (Å²) in [6.45, 7) is 1.37. The Kier molecular flexibility index (Phi) is 2.46. The van der Waals surface area contributed by atoms with E-state index in [4.69, 9.17) is 5.73 Å². The van der Waals surface area contributed by atoms with Crippen LogP contribution in [0.4, 0.5) is 0 Å². The summed E-state index contributed by atoms with van der Waals surface area (Å²) in [5.41, 5.74) is 6.78. The van der Waals surface area contributed by atoms with Crippen LogP contribution < -0.4 is 5.73 Å². The van der Waals surface area contributed by atoms with E-state index in [0.29, 0.717) is 6.54 Å². The molecule has 3 rings (SSSR count). The Bertz CT molecular complexity index is 656. The summed E-state index contributed by atoms with van der Waals surface area (Å²) in [4.78, 5) is 0. The number of fused-ring (bicyclic) bond motifs is 3. The van der Waals surface area contributed by atoms with Crippen molar-refractivity contribution >= 4 is 48.3 Å². The first-order chi connectivity index (χ1) is 7.79. The highest BCUT2D eigenvalue weighted by molar-refractivity contribution is 9.11. The normalized spacial score (nSPS) is 11.6. The summed E-state index contributed by atoms with van der Waals surface area (Å²) in [5, 5.41) is 6.79. The Morgan fingerprint density at radius 3 is 3.12 bits per heavy atom. The van der Waals surface area contributed by atoms with E-state index in [9.17, 15) is 0 Å². The molecule has 2 N–H and O–H groups in total. The monoisotopic (exact) mass is 295 g/mol. The molecule has 0 atom stereocenters. The molecule has 0 aliphatic heterocycles. The fraction of sp³-hybridized carbons (Fsp3) is 0.182. The van der Waals surface area contributed by atoms with Crippen molar-refractivity contribution in [1.82, 2.24) is 9.78 Å². The number of thiophene rings is 1. The van der Waals surface area contributed by atoms with Gasteiger partial charge in [-0.3, -0.25) is 4.68 Å². The van der Waals surface area contributed by atoms with E-state index >= 15 is 0 Å². The van der Waals surface area contributed by atoms with E-state index in [1.165, 1.54) is 21.0 Å². The lowest BCUT2D eigenvalue weighted by atomic mass is 10.2. The second-order valence-corrected chi connectivity index (χ2v) is 6.09. The molecule has 16 heavy (non-hydrogen) atoms. The first-order valence-electron chi connectivity index (χ1n) is 5.03. The van der Waals surface area contributed by atoms with E-state index in [1.807, 2.05) is 10.9 Å². The Morgan fingerprint density at radius 2 is 2.31 bits per heavy atom. The molecule has 0 saturated heterocycles. The van der Waals surface area contributed by atoms with Crippen molar-refractivity contribution in [2.45, 2.75) is 6.54 Å². The van der Waals surface area contributed by atoms with Gasteiger partial charge in [-0.15, -0.1) is 11.3 Å². The second-order valence-electron chi connectivity index (χ2n) is 3.62. The molecule has 0 aliphatic carbocycles. The predicted molar refractivity (Wildman–Crippen MR) is 71.9 cm³/mol. The average molecular weight is 296 g/mol. The lowest BCUT2D eigenvalue weighted by Crippen LogP contribution is -2.10. The molecule has 0 bridgehead atoms. The summed E-state index contributed by atoms with van der Waals surface area (Å²) in [6, 6.07) is 6.40. The number of benzene rings is 1. The number of rotatable bonds is 2. The van der Waals surface area contributed by atoms with Crippen molar-refractivity contribution in [3.63, 3.8) is 0 Å². The number of halogens is 1. The summed E-state index contributed by atoms with van der Waals surface area (Å²) >= 11 is 5.27.